The number of benzene rings is 2. The first-order chi connectivity index (χ1) is 14.5. The van der Waals surface area contributed by atoms with E-state index in [0.29, 0.717) is 47.0 Å². The molecule has 0 heterocycles. The molecule has 0 aromatic heterocycles. The number of carbonyl (C=O) groups is 2. The molecule has 164 valence electrons. The van der Waals surface area contributed by atoms with Crippen LogP contribution in [-0.2, 0) is 5.41 Å². The van der Waals surface area contributed by atoms with Gasteiger partial charge in [-0.2, -0.15) is 0 Å². The van der Waals surface area contributed by atoms with Crippen LogP contribution in [0.15, 0.2) is 60.7 Å². The molecule has 0 aliphatic heterocycles. The molecule has 0 aliphatic carbocycles. The van der Waals surface area contributed by atoms with E-state index in [2.05, 4.69) is 27.0 Å². The lowest BCUT2D eigenvalue weighted by Gasteiger charge is -2.30. The summed E-state index contributed by atoms with van der Waals surface area (Å²) in [6.45, 7) is 19.8. The van der Waals surface area contributed by atoms with E-state index >= 15 is 0 Å². The first kappa shape index (κ1) is 24.1. The van der Waals surface area contributed by atoms with Gasteiger partial charge in [0.2, 0.25) is 0 Å². The number of carbonyl (C=O) groups excluding carboxylic acids is 2. The maximum Gasteiger partial charge on any atom is 0.188 e. The van der Waals surface area contributed by atoms with Crippen LogP contribution in [0.3, 0.4) is 0 Å². The first-order valence-corrected chi connectivity index (χ1v) is 10.5. The van der Waals surface area contributed by atoms with Gasteiger partial charge < -0.3 is 9.47 Å². The number of Topliss-reactive ketones (excluding diaryl/α,β-unsaturated/α-hetero) is 2. The minimum absolute atomic E-state index is 0.108. The number of rotatable bonds is 10. The summed E-state index contributed by atoms with van der Waals surface area (Å²) < 4.78 is 11.8. The van der Waals surface area contributed by atoms with Gasteiger partial charge >= 0.3 is 0 Å². The highest BCUT2D eigenvalue weighted by atomic mass is 16.5. The molecule has 4 nitrogen and oxygen atoms in total. The molecular formula is C27H32O4. The number of hydrogen-bond acceptors (Lipinski definition) is 4. The van der Waals surface area contributed by atoms with Crippen LogP contribution in [-0.4, -0.2) is 24.8 Å². The molecule has 0 saturated heterocycles. The Bertz CT molecular complexity index is 946. The van der Waals surface area contributed by atoms with Crippen molar-refractivity contribution in [3.8, 4) is 11.5 Å². The maximum absolute atomic E-state index is 12.4. The van der Waals surface area contributed by atoms with Crippen molar-refractivity contribution in [2.24, 2.45) is 0 Å². The first-order valence-electron chi connectivity index (χ1n) is 10.5. The molecule has 31 heavy (non-hydrogen) atoms. The number of ketones is 2. The predicted octanol–water partition coefficient (Wildman–Crippen LogP) is 6.33. The Hall–Kier alpha value is -3.14. The molecule has 0 radical (unpaired) electrons. The van der Waals surface area contributed by atoms with Crippen molar-refractivity contribution >= 4 is 11.6 Å². The van der Waals surface area contributed by atoms with Crippen LogP contribution in [0.5, 0.6) is 11.5 Å². The highest BCUT2D eigenvalue weighted by Gasteiger charge is 2.31. The average molecular weight is 421 g/mol. The molecule has 2 aromatic rings. The summed E-state index contributed by atoms with van der Waals surface area (Å²) in [5.74, 6) is 1.07. The van der Waals surface area contributed by atoms with Crippen LogP contribution in [0.2, 0.25) is 0 Å². The summed E-state index contributed by atoms with van der Waals surface area (Å²) in [6.07, 6.45) is 0. The highest BCUT2D eigenvalue weighted by Crippen LogP contribution is 2.42. The van der Waals surface area contributed by atoms with Gasteiger partial charge in [-0.15, -0.1) is 0 Å². The molecule has 0 N–H and O–H groups in total. The summed E-state index contributed by atoms with van der Waals surface area (Å²) in [5, 5.41) is 0. The smallest absolute Gasteiger partial charge is 0.188 e. The molecule has 0 atom stereocenters. The Kier molecular flexibility index (Phi) is 7.61. The van der Waals surface area contributed by atoms with E-state index in [9.17, 15) is 9.59 Å². The molecule has 0 aliphatic rings. The predicted molar refractivity (Wildman–Crippen MR) is 126 cm³/mol. The van der Waals surface area contributed by atoms with Gasteiger partial charge in [0.05, 0.1) is 13.2 Å². The quantitative estimate of drug-likeness (QED) is 0.333. The summed E-state index contributed by atoms with van der Waals surface area (Å²) in [5.41, 5.74) is 3.38. The Morgan fingerprint density at radius 3 is 1.42 bits per heavy atom. The molecule has 4 heteroatoms. The Labute approximate surface area is 185 Å². The second kappa shape index (κ2) is 9.78. The van der Waals surface area contributed by atoms with Crippen LogP contribution < -0.4 is 9.47 Å². The van der Waals surface area contributed by atoms with Crippen LogP contribution >= 0.6 is 0 Å². The SMILES string of the molecule is C=C(C)C(=O)c1ccc(C(C)(C)c2ccc(C(=O)C(=C)C)cc2OCC)c(OCC)c1. The third-order valence-electron chi connectivity index (χ3n) is 5.21. The second-order valence-electron chi connectivity index (χ2n) is 8.13. The molecule has 2 aromatic carbocycles. The van der Waals surface area contributed by atoms with Crippen molar-refractivity contribution in [2.75, 3.05) is 13.2 Å². The van der Waals surface area contributed by atoms with Gasteiger partial charge in [-0.25, -0.2) is 0 Å². The van der Waals surface area contributed by atoms with E-state index in [0.717, 1.165) is 11.1 Å². The van der Waals surface area contributed by atoms with Gasteiger partial charge in [0.15, 0.2) is 11.6 Å². The lowest BCUT2D eigenvalue weighted by molar-refractivity contribution is 0.102. The van der Waals surface area contributed by atoms with Gasteiger partial charge in [-0.3, -0.25) is 9.59 Å². The Balaban J connectivity index is 2.64. The van der Waals surface area contributed by atoms with Gasteiger partial charge in [0, 0.05) is 27.7 Å². The largest absolute Gasteiger partial charge is 0.494 e. The molecule has 0 unspecified atom stereocenters. The van der Waals surface area contributed by atoms with Crippen molar-refractivity contribution in [3.63, 3.8) is 0 Å². The maximum atomic E-state index is 12.4. The zero-order valence-corrected chi connectivity index (χ0v) is 19.4. The van der Waals surface area contributed by atoms with Crippen LogP contribution in [0, 0.1) is 0 Å². The third kappa shape index (κ3) is 5.13. The summed E-state index contributed by atoms with van der Waals surface area (Å²) in [4.78, 5) is 24.8. The fraction of sp³-hybridized carbons (Fsp3) is 0.333. The minimum Gasteiger partial charge on any atom is -0.494 e. The number of allylic oxidation sites excluding steroid dienone is 2. The van der Waals surface area contributed by atoms with E-state index in [-0.39, 0.29) is 11.6 Å². The Morgan fingerprint density at radius 2 is 1.13 bits per heavy atom. The fourth-order valence-corrected chi connectivity index (χ4v) is 3.55. The molecule has 0 spiro atoms. The van der Waals surface area contributed by atoms with E-state index in [1.165, 1.54) is 0 Å². The normalized spacial score (nSPS) is 11.0. The zero-order chi connectivity index (χ0) is 23.3. The standard InChI is InChI=1S/C27H32O4/c1-9-30-23-15-19(25(28)17(3)4)11-13-21(23)27(7,8)22-14-12-20(26(29)18(5)6)16-24(22)31-10-2/h11-16H,3,5,9-10H2,1-2,4,6-8H3. The topological polar surface area (TPSA) is 52.6 Å². The Morgan fingerprint density at radius 1 is 0.774 bits per heavy atom. The van der Waals surface area contributed by atoms with Gasteiger partial charge in [-0.05, 0) is 51.0 Å². The lowest BCUT2D eigenvalue weighted by Crippen LogP contribution is -2.22. The van der Waals surface area contributed by atoms with Crippen LogP contribution in [0.4, 0.5) is 0 Å². The zero-order valence-electron chi connectivity index (χ0n) is 19.4. The fourth-order valence-electron chi connectivity index (χ4n) is 3.55. The summed E-state index contributed by atoms with van der Waals surface area (Å²) >= 11 is 0. The molecule has 0 fully saturated rings. The van der Waals surface area contributed by atoms with Crippen LogP contribution in [0.1, 0.15) is 73.4 Å². The molecule has 0 amide bonds. The second-order valence-corrected chi connectivity index (χ2v) is 8.13. The average Bonchev–Trinajstić information content (AvgIpc) is 2.72. The van der Waals surface area contributed by atoms with Crippen molar-refractivity contribution in [1.82, 2.24) is 0 Å². The van der Waals surface area contributed by atoms with Crippen LogP contribution in [0.25, 0.3) is 0 Å². The third-order valence-corrected chi connectivity index (χ3v) is 5.21. The molecule has 0 bridgehead atoms. The van der Waals surface area contributed by atoms with Crippen molar-refractivity contribution in [1.29, 1.82) is 0 Å². The monoisotopic (exact) mass is 420 g/mol. The van der Waals surface area contributed by atoms with Crippen molar-refractivity contribution < 1.29 is 19.1 Å². The van der Waals surface area contributed by atoms with E-state index in [1.54, 1.807) is 38.1 Å². The number of ether oxygens (including phenoxy) is 2. The van der Waals surface area contributed by atoms with Gasteiger partial charge in [-0.1, -0.05) is 51.3 Å². The van der Waals surface area contributed by atoms with Crippen molar-refractivity contribution in [3.05, 3.63) is 83.0 Å². The summed E-state index contributed by atoms with van der Waals surface area (Å²) in [7, 11) is 0. The van der Waals surface area contributed by atoms with E-state index in [4.69, 9.17) is 9.47 Å². The van der Waals surface area contributed by atoms with Gasteiger partial charge in [0.25, 0.3) is 0 Å². The minimum atomic E-state index is -0.509. The molecular weight excluding hydrogens is 388 g/mol. The summed E-state index contributed by atoms with van der Waals surface area (Å²) in [6, 6.07) is 11.0. The van der Waals surface area contributed by atoms with Gasteiger partial charge in [0.1, 0.15) is 11.5 Å². The molecule has 2 rings (SSSR count). The number of hydrogen-bond donors (Lipinski definition) is 0. The van der Waals surface area contributed by atoms with E-state index in [1.807, 2.05) is 26.0 Å². The lowest BCUT2D eigenvalue weighted by atomic mass is 9.76. The molecule has 0 saturated carbocycles. The van der Waals surface area contributed by atoms with Crippen molar-refractivity contribution in [2.45, 2.75) is 47.0 Å². The highest BCUT2D eigenvalue weighted by molar-refractivity contribution is 6.08. The van der Waals surface area contributed by atoms with E-state index < -0.39 is 5.41 Å².